The zero-order valence-electron chi connectivity index (χ0n) is 15.9. The molecule has 4 atom stereocenters. The summed E-state index contributed by atoms with van der Waals surface area (Å²) in [6.07, 6.45) is 8.55. The summed E-state index contributed by atoms with van der Waals surface area (Å²) in [5.41, 5.74) is -0.121. The van der Waals surface area contributed by atoms with Gasteiger partial charge in [0, 0.05) is 31.5 Å². The Morgan fingerprint density at radius 3 is 2.52 bits per heavy atom. The maximum Gasteiger partial charge on any atom is 0.248 e. The first-order valence-corrected chi connectivity index (χ1v) is 10.3. The number of hydrogen-bond donors (Lipinski definition) is 1. The van der Waals surface area contributed by atoms with Crippen LogP contribution in [0.15, 0.2) is 0 Å². The van der Waals surface area contributed by atoms with Crippen LogP contribution in [0.5, 0.6) is 0 Å². The Bertz CT molecular complexity index is 445. The average molecular weight is 354 g/mol. The molecule has 2 saturated carbocycles. The van der Waals surface area contributed by atoms with Gasteiger partial charge in [0.25, 0.3) is 0 Å². The molecule has 0 aromatic rings. The van der Waals surface area contributed by atoms with Crippen LogP contribution in [-0.2, 0) is 14.3 Å². The van der Waals surface area contributed by atoms with Crippen molar-refractivity contribution in [2.75, 3.05) is 26.3 Å². The Kier molecular flexibility index (Phi) is 6.39. The van der Waals surface area contributed by atoms with E-state index in [2.05, 4.69) is 6.92 Å². The van der Waals surface area contributed by atoms with Crippen LogP contribution in [0.3, 0.4) is 0 Å². The summed E-state index contributed by atoms with van der Waals surface area (Å²) < 4.78 is 11.8. The van der Waals surface area contributed by atoms with Crippen LogP contribution in [0.2, 0.25) is 0 Å². The number of piperidine rings is 1. The number of aliphatic hydroxyl groups is 1. The Labute approximate surface area is 152 Å². The van der Waals surface area contributed by atoms with E-state index in [9.17, 15) is 9.90 Å². The van der Waals surface area contributed by atoms with Crippen molar-refractivity contribution in [1.29, 1.82) is 0 Å². The van der Waals surface area contributed by atoms with Gasteiger partial charge in [0.05, 0.1) is 18.3 Å². The Balaban J connectivity index is 1.45. The smallest absolute Gasteiger partial charge is 0.248 e. The summed E-state index contributed by atoms with van der Waals surface area (Å²) in [5, 5.41) is 10.3. The topological polar surface area (TPSA) is 59.0 Å². The number of nitrogens with zero attached hydrogens (tertiary/aromatic N) is 1. The minimum absolute atomic E-state index is 0.108. The van der Waals surface area contributed by atoms with Crippen molar-refractivity contribution < 1.29 is 19.4 Å². The average Bonchev–Trinajstić information content (AvgIpc) is 2.66. The van der Waals surface area contributed by atoms with Gasteiger partial charge in [-0.3, -0.25) is 4.79 Å². The van der Waals surface area contributed by atoms with Crippen LogP contribution in [0.25, 0.3) is 0 Å². The van der Waals surface area contributed by atoms with Crippen molar-refractivity contribution in [2.45, 2.75) is 83.5 Å². The molecule has 1 spiro atoms. The van der Waals surface area contributed by atoms with E-state index in [1.165, 1.54) is 19.3 Å². The van der Waals surface area contributed by atoms with Crippen LogP contribution in [0.4, 0.5) is 0 Å². The molecular weight excluding hydrogens is 318 g/mol. The van der Waals surface area contributed by atoms with Crippen LogP contribution in [-0.4, -0.2) is 60.5 Å². The minimum atomic E-state index is -0.273. The molecule has 1 aliphatic heterocycles. The lowest BCUT2D eigenvalue weighted by Gasteiger charge is -2.56. The summed E-state index contributed by atoms with van der Waals surface area (Å²) in [6.45, 7) is 6.55. The van der Waals surface area contributed by atoms with Crippen molar-refractivity contribution in [2.24, 2.45) is 11.3 Å². The molecule has 25 heavy (non-hydrogen) atoms. The summed E-state index contributed by atoms with van der Waals surface area (Å²) >= 11 is 0. The van der Waals surface area contributed by atoms with Gasteiger partial charge in [-0.25, -0.2) is 0 Å². The third kappa shape index (κ3) is 3.88. The number of hydrogen-bond acceptors (Lipinski definition) is 4. The third-order valence-electron chi connectivity index (χ3n) is 6.94. The summed E-state index contributed by atoms with van der Waals surface area (Å²) in [6, 6.07) is 0. The molecular formula is C20H35NO4. The number of carbonyl (C=O) groups is 1. The molecule has 1 heterocycles. The number of likely N-dealkylation sites (tertiary alicyclic amines) is 1. The molecule has 5 nitrogen and oxygen atoms in total. The summed E-state index contributed by atoms with van der Waals surface area (Å²) in [5.74, 6) is 0.722. The fourth-order valence-electron chi connectivity index (χ4n) is 5.12. The van der Waals surface area contributed by atoms with E-state index in [1.54, 1.807) is 0 Å². The lowest BCUT2D eigenvalue weighted by molar-refractivity contribution is -0.210. The molecule has 4 unspecified atom stereocenters. The van der Waals surface area contributed by atoms with Crippen molar-refractivity contribution in [1.82, 2.24) is 4.90 Å². The van der Waals surface area contributed by atoms with Gasteiger partial charge in [-0.15, -0.1) is 0 Å². The monoisotopic (exact) mass is 353 g/mol. The second-order valence-corrected chi connectivity index (χ2v) is 8.11. The molecule has 1 saturated heterocycles. The molecule has 1 amide bonds. The molecule has 5 heteroatoms. The molecule has 144 valence electrons. The van der Waals surface area contributed by atoms with Crippen LogP contribution < -0.4 is 0 Å². The molecule has 0 aromatic carbocycles. The maximum absolute atomic E-state index is 12.5. The highest BCUT2D eigenvalue weighted by molar-refractivity contribution is 5.77. The second kappa shape index (κ2) is 8.36. The predicted octanol–water partition coefficient (Wildman–Crippen LogP) is 2.75. The molecule has 3 aliphatic rings. The number of aliphatic hydroxyl groups excluding tert-OH is 1. The van der Waals surface area contributed by atoms with E-state index in [1.807, 2.05) is 11.8 Å². The van der Waals surface area contributed by atoms with Gasteiger partial charge in [0.2, 0.25) is 5.91 Å². The van der Waals surface area contributed by atoms with Crippen molar-refractivity contribution in [3.63, 3.8) is 0 Å². The fourth-order valence-corrected chi connectivity index (χ4v) is 5.12. The van der Waals surface area contributed by atoms with E-state index in [4.69, 9.17) is 9.47 Å². The predicted molar refractivity (Wildman–Crippen MR) is 96.3 cm³/mol. The van der Waals surface area contributed by atoms with Crippen LogP contribution in [0, 0.1) is 11.3 Å². The van der Waals surface area contributed by atoms with E-state index in [0.717, 1.165) is 32.1 Å². The van der Waals surface area contributed by atoms with Crippen LogP contribution in [0.1, 0.15) is 65.2 Å². The highest BCUT2D eigenvalue weighted by Crippen LogP contribution is 2.50. The SMILES string of the molecule is CCOC1CC(O)C12CCN(C(=O)COC1CCCCC1CC)CC2. The number of amides is 1. The van der Waals surface area contributed by atoms with E-state index in [-0.39, 0.29) is 36.2 Å². The van der Waals surface area contributed by atoms with Crippen molar-refractivity contribution in [3.8, 4) is 0 Å². The highest BCUT2D eigenvalue weighted by atomic mass is 16.5. The Morgan fingerprint density at radius 2 is 1.88 bits per heavy atom. The van der Waals surface area contributed by atoms with Gasteiger partial charge in [0.1, 0.15) is 6.61 Å². The molecule has 0 aromatic heterocycles. The lowest BCUT2D eigenvalue weighted by atomic mass is 9.58. The normalized spacial score (nSPS) is 34.8. The van der Waals surface area contributed by atoms with Gasteiger partial charge in [-0.05, 0) is 38.5 Å². The number of rotatable bonds is 6. The zero-order chi connectivity index (χ0) is 17.9. The molecule has 0 radical (unpaired) electrons. The van der Waals surface area contributed by atoms with Gasteiger partial charge in [0.15, 0.2) is 0 Å². The minimum Gasteiger partial charge on any atom is -0.392 e. The molecule has 0 bridgehead atoms. The van der Waals surface area contributed by atoms with Gasteiger partial charge >= 0.3 is 0 Å². The lowest BCUT2D eigenvalue weighted by Crippen LogP contribution is -2.62. The largest absolute Gasteiger partial charge is 0.392 e. The van der Waals surface area contributed by atoms with Crippen molar-refractivity contribution in [3.05, 3.63) is 0 Å². The van der Waals surface area contributed by atoms with E-state index in [0.29, 0.717) is 25.6 Å². The summed E-state index contributed by atoms with van der Waals surface area (Å²) in [4.78, 5) is 14.5. The third-order valence-corrected chi connectivity index (χ3v) is 6.94. The fraction of sp³-hybridized carbons (Fsp3) is 0.950. The van der Waals surface area contributed by atoms with Gasteiger partial charge in [-0.1, -0.05) is 26.2 Å². The van der Waals surface area contributed by atoms with Gasteiger partial charge in [-0.2, -0.15) is 0 Å². The highest BCUT2D eigenvalue weighted by Gasteiger charge is 2.56. The first-order chi connectivity index (χ1) is 12.1. The van der Waals surface area contributed by atoms with Crippen LogP contribution >= 0.6 is 0 Å². The van der Waals surface area contributed by atoms with Gasteiger partial charge < -0.3 is 19.5 Å². The standard InChI is InChI=1S/C20H35NO4/c1-3-15-7-5-6-8-16(15)25-14-19(23)21-11-9-20(10-12-21)17(22)13-18(20)24-4-2/h15-18,22H,3-14H2,1-2H3. The molecule has 3 rings (SSSR count). The van der Waals surface area contributed by atoms with Crippen molar-refractivity contribution >= 4 is 5.91 Å². The first-order valence-electron chi connectivity index (χ1n) is 10.3. The molecule has 1 N–H and O–H groups in total. The molecule has 2 aliphatic carbocycles. The number of carbonyl (C=O) groups excluding carboxylic acids is 1. The quantitative estimate of drug-likeness (QED) is 0.798. The Hall–Kier alpha value is -0.650. The van der Waals surface area contributed by atoms with E-state index < -0.39 is 0 Å². The van der Waals surface area contributed by atoms with E-state index >= 15 is 0 Å². The number of ether oxygens (including phenoxy) is 2. The second-order valence-electron chi connectivity index (χ2n) is 8.11. The molecule has 3 fully saturated rings. The Morgan fingerprint density at radius 1 is 1.16 bits per heavy atom. The zero-order valence-corrected chi connectivity index (χ0v) is 15.9. The first kappa shape index (κ1) is 19.1. The maximum atomic E-state index is 12.5. The summed E-state index contributed by atoms with van der Waals surface area (Å²) in [7, 11) is 0.